The first-order chi connectivity index (χ1) is 16.8. The topological polar surface area (TPSA) is 51.6 Å². The van der Waals surface area contributed by atoms with Gasteiger partial charge in [0.05, 0.1) is 25.3 Å². The van der Waals surface area contributed by atoms with Crippen LogP contribution in [0.2, 0.25) is 0 Å². The number of hydrogen-bond acceptors (Lipinski definition) is 16. The van der Waals surface area contributed by atoms with Crippen LogP contribution in [0.25, 0.3) is 19.3 Å². The van der Waals surface area contributed by atoms with Crippen LogP contribution in [0, 0.1) is 15.4 Å². The van der Waals surface area contributed by atoms with Crippen molar-refractivity contribution in [1.29, 1.82) is 0 Å². The fraction of sp³-hybridized carbons (Fsp3) is 0. The summed E-state index contributed by atoms with van der Waals surface area (Å²) >= 11 is 22.3. The Morgan fingerprint density at radius 1 is 0.353 bits per heavy atom. The van der Waals surface area contributed by atoms with Gasteiger partial charge in [-0.15, -0.1) is 90.7 Å². The highest BCUT2D eigenvalue weighted by Gasteiger charge is 2.29. The van der Waals surface area contributed by atoms with Gasteiger partial charge in [0.1, 0.15) is 15.4 Å². The molecule has 0 aromatic carbocycles. The molecular formula is C18H4N4S12. The van der Waals surface area contributed by atoms with Gasteiger partial charge < -0.3 is 0 Å². The molecule has 8 heterocycles. The largest absolute Gasteiger partial charge is 0.241 e. The van der Waals surface area contributed by atoms with E-state index in [2.05, 4.69) is 19.9 Å². The highest BCUT2D eigenvalue weighted by Crippen LogP contribution is 2.64. The van der Waals surface area contributed by atoms with Crippen LogP contribution in [-0.2, 0) is 0 Å². The van der Waals surface area contributed by atoms with Crippen molar-refractivity contribution in [3.05, 3.63) is 48.6 Å². The molecular weight excluding hydrogens is 657 g/mol. The quantitative estimate of drug-likeness (QED) is 0.160. The minimum Gasteiger partial charge on any atom is -0.241 e. The van der Waals surface area contributed by atoms with Crippen molar-refractivity contribution in [3.8, 4) is 0 Å². The molecule has 0 saturated heterocycles. The Morgan fingerprint density at radius 2 is 0.618 bits per heavy atom. The number of rotatable bonds is 0. The van der Waals surface area contributed by atoms with Crippen LogP contribution in [0.4, 0.5) is 0 Å². The Balaban J connectivity index is 1.19. The molecule has 0 unspecified atom stereocenters. The van der Waals surface area contributed by atoms with Gasteiger partial charge in [0.25, 0.3) is 0 Å². The molecule has 0 radical (unpaired) electrons. The van der Waals surface area contributed by atoms with E-state index in [1.807, 2.05) is 92.4 Å². The maximum absolute atomic E-state index is 4.51. The van der Waals surface area contributed by atoms with Crippen LogP contribution in [0.5, 0.6) is 0 Å². The van der Waals surface area contributed by atoms with Gasteiger partial charge >= 0.3 is 0 Å². The Kier molecular flexibility index (Phi) is 5.71. The molecule has 2 aromatic heterocycles. The predicted molar refractivity (Wildman–Crippen MR) is 158 cm³/mol. The van der Waals surface area contributed by atoms with Crippen LogP contribution < -0.4 is 0 Å². The zero-order valence-corrected chi connectivity index (χ0v) is 25.8. The van der Waals surface area contributed by atoms with E-state index in [-0.39, 0.29) is 0 Å². The lowest BCUT2D eigenvalue weighted by Crippen LogP contribution is -1.77. The predicted octanol–water partition coefficient (Wildman–Crippen LogP) is 9.99. The average Bonchev–Trinajstić information content (AvgIpc) is 3.46. The van der Waals surface area contributed by atoms with E-state index in [4.69, 9.17) is 0 Å². The summed E-state index contributed by atoms with van der Waals surface area (Å²) in [6.45, 7) is 0. The van der Waals surface area contributed by atoms with Gasteiger partial charge in [0, 0.05) is 24.8 Å². The lowest BCUT2D eigenvalue weighted by atomic mass is 10.8. The molecule has 0 atom stereocenters. The molecule has 2 aromatic rings. The zero-order valence-electron chi connectivity index (χ0n) is 16.0. The molecule has 16 heteroatoms. The van der Waals surface area contributed by atoms with Crippen molar-refractivity contribution < 1.29 is 0 Å². The molecule has 0 saturated carbocycles. The van der Waals surface area contributed by atoms with Gasteiger partial charge in [-0.3, -0.25) is 0 Å². The lowest BCUT2D eigenvalue weighted by molar-refractivity contribution is 1.33. The van der Waals surface area contributed by atoms with Gasteiger partial charge in [-0.2, -0.15) is 0 Å². The molecule has 0 amide bonds. The molecule has 168 valence electrons. The first-order valence-corrected chi connectivity index (χ1v) is 19.0. The number of fused-ring (bicyclic) bond motifs is 4. The first-order valence-electron chi connectivity index (χ1n) is 9.24. The number of thioether (sulfide) groups is 4. The second-order valence-electron chi connectivity index (χ2n) is 6.43. The van der Waals surface area contributed by atoms with Gasteiger partial charge in [-0.25, -0.2) is 19.9 Å². The Bertz CT molecular complexity index is 1720. The van der Waals surface area contributed by atoms with E-state index in [0.29, 0.717) is 0 Å². The lowest BCUT2D eigenvalue weighted by Gasteiger charge is -1.98. The summed E-state index contributed by atoms with van der Waals surface area (Å²) in [6.07, 6.45) is 7.11. The highest BCUT2D eigenvalue weighted by molar-refractivity contribution is 8.32. The van der Waals surface area contributed by atoms with Crippen molar-refractivity contribution in [2.24, 2.45) is 0 Å². The van der Waals surface area contributed by atoms with E-state index in [1.54, 1.807) is 70.1 Å². The molecule has 0 N–H and O–H groups in total. The summed E-state index contributed by atoms with van der Waals surface area (Å²) in [6, 6.07) is 0. The summed E-state index contributed by atoms with van der Waals surface area (Å²) < 4.78 is 13.8. The Hall–Kier alpha value is 0.0200. The normalized spacial score (nSPS) is 15.1. The van der Waals surface area contributed by atoms with Crippen LogP contribution in [0.3, 0.4) is 0 Å². The van der Waals surface area contributed by atoms with E-state index in [1.165, 1.54) is 40.7 Å². The Morgan fingerprint density at radius 3 is 0.882 bits per heavy atom. The fourth-order valence-electron chi connectivity index (χ4n) is 2.97. The molecule has 34 heavy (non-hydrogen) atoms. The van der Waals surface area contributed by atoms with Gasteiger partial charge in [-0.1, -0.05) is 47.0 Å². The highest BCUT2D eigenvalue weighted by atomic mass is 32.2. The molecule has 0 spiro atoms. The second kappa shape index (κ2) is 8.80. The van der Waals surface area contributed by atoms with Gasteiger partial charge in [-0.05, 0) is 0 Å². The summed E-state index contributed by atoms with van der Waals surface area (Å²) in [5, 5.41) is 0. The fourth-order valence-corrected chi connectivity index (χ4v) is 21.1. The second-order valence-corrected chi connectivity index (χ2v) is 21.2. The average molecular weight is 661 g/mol. The maximum Gasteiger partial charge on any atom is 0.153 e. The summed E-state index contributed by atoms with van der Waals surface area (Å²) in [7, 11) is 0. The molecule has 6 aliphatic heterocycles. The maximum atomic E-state index is 4.51. The van der Waals surface area contributed by atoms with Crippen molar-refractivity contribution >= 4 is 157 Å². The third kappa shape index (κ3) is 3.80. The van der Waals surface area contributed by atoms with Crippen molar-refractivity contribution in [2.75, 3.05) is 0 Å². The zero-order chi connectivity index (χ0) is 22.2. The standard InChI is InChI=1S/C18H4N4S12/c1-2-20-6-5(19-1)23-9-10(24-6)28-14-13(27-9)31-17(32-14)18-33-15-16(34-18)30-12-11(29-15)25-7-8(26-12)22-4-3-21-7/h1-4H. The van der Waals surface area contributed by atoms with Gasteiger partial charge in [0.2, 0.25) is 0 Å². The van der Waals surface area contributed by atoms with Gasteiger partial charge in [0.15, 0.2) is 19.3 Å². The first kappa shape index (κ1) is 22.0. The minimum atomic E-state index is 1.02. The third-order valence-electron chi connectivity index (χ3n) is 4.34. The summed E-state index contributed by atoms with van der Waals surface area (Å²) in [5.74, 6) is 0. The van der Waals surface area contributed by atoms with Crippen molar-refractivity contribution in [1.82, 2.24) is 19.9 Å². The third-order valence-corrected chi connectivity index (χ3v) is 21.9. The van der Waals surface area contributed by atoms with Crippen LogP contribution >= 0.6 is 138 Å². The van der Waals surface area contributed by atoms with Crippen LogP contribution in [0.1, 0.15) is 0 Å². The SMILES string of the molecule is c1cnc2sc3sc4c(sc=3sc2n1)SC(=C1Sc2sc3sc5nccnc5sc=3sc2S1)S4. The molecule has 0 aliphatic carbocycles. The smallest absolute Gasteiger partial charge is 0.153 e. The van der Waals surface area contributed by atoms with E-state index in [9.17, 15) is 0 Å². The Labute approximate surface area is 239 Å². The van der Waals surface area contributed by atoms with Crippen molar-refractivity contribution in [2.45, 2.75) is 16.8 Å². The number of nitrogens with zero attached hydrogens (tertiary/aromatic N) is 4. The summed E-state index contributed by atoms with van der Waals surface area (Å²) in [4.78, 5) is 22.1. The molecule has 0 bridgehead atoms. The number of aromatic nitrogens is 4. The molecule has 0 fully saturated rings. The van der Waals surface area contributed by atoms with E-state index >= 15 is 0 Å². The van der Waals surface area contributed by atoms with E-state index < -0.39 is 0 Å². The van der Waals surface area contributed by atoms with E-state index in [0.717, 1.165) is 19.3 Å². The minimum absolute atomic E-state index is 1.02. The van der Waals surface area contributed by atoms with Crippen molar-refractivity contribution in [3.63, 3.8) is 0 Å². The molecule has 4 nitrogen and oxygen atoms in total. The molecule has 6 aliphatic rings. The molecule has 8 rings (SSSR count). The van der Waals surface area contributed by atoms with Crippen LogP contribution in [0.15, 0.2) is 50.1 Å². The van der Waals surface area contributed by atoms with Crippen LogP contribution in [-0.4, -0.2) is 19.9 Å². The summed E-state index contributed by atoms with van der Waals surface area (Å²) in [5.41, 5.74) is 0. The number of hydrogen-bond donors (Lipinski definition) is 0. The monoisotopic (exact) mass is 660 g/mol.